The molecule has 0 atom stereocenters. The first-order chi connectivity index (χ1) is 10.0. The Kier molecular flexibility index (Phi) is 3.09. The highest BCUT2D eigenvalue weighted by molar-refractivity contribution is 5.93. The third-order valence-electron chi connectivity index (χ3n) is 3.63. The van der Waals surface area contributed by atoms with Crippen LogP contribution in [-0.2, 0) is 13.0 Å². The summed E-state index contributed by atoms with van der Waals surface area (Å²) in [4.78, 5) is 21.3. The molecule has 108 valence electrons. The number of hydrogen-bond acceptors (Lipinski definition) is 6. The molecular formula is C14H16N6O. The Bertz CT molecular complexity index is 715. The zero-order valence-corrected chi connectivity index (χ0v) is 11.4. The molecule has 21 heavy (non-hydrogen) atoms. The summed E-state index contributed by atoms with van der Waals surface area (Å²) < 4.78 is 0. The van der Waals surface area contributed by atoms with Crippen molar-refractivity contribution in [1.29, 1.82) is 0 Å². The van der Waals surface area contributed by atoms with Crippen LogP contribution in [0.2, 0.25) is 0 Å². The van der Waals surface area contributed by atoms with Crippen LogP contribution in [0.5, 0.6) is 0 Å². The Morgan fingerprint density at radius 1 is 1.33 bits per heavy atom. The fourth-order valence-electron chi connectivity index (χ4n) is 2.55. The van der Waals surface area contributed by atoms with Gasteiger partial charge in [0.25, 0.3) is 0 Å². The molecule has 1 amide bonds. The topological polar surface area (TPSA) is 124 Å². The van der Waals surface area contributed by atoms with Gasteiger partial charge in [0.15, 0.2) is 0 Å². The molecule has 3 rings (SSSR count). The summed E-state index contributed by atoms with van der Waals surface area (Å²) >= 11 is 0. The monoisotopic (exact) mass is 284 g/mol. The van der Waals surface area contributed by atoms with E-state index in [1.165, 1.54) is 0 Å². The number of nitrogens with zero attached hydrogens (tertiary/aromatic N) is 3. The summed E-state index contributed by atoms with van der Waals surface area (Å²) in [6, 6.07) is 5.50. The first kappa shape index (κ1) is 13.2. The molecule has 1 aliphatic heterocycles. The minimum absolute atomic E-state index is 0.171. The second-order valence-corrected chi connectivity index (χ2v) is 5.02. The highest BCUT2D eigenvalue weighted by Gasteiger charge is 2.21. The van der Waals surface area contributed by atoms with Crippen LogP contribution in [-0.4, -0.2) is 22.4 Å². The molecule has 0 fully saturated rings. The van der Waals surface area contributed by atoms with E-state index < -0.39 is 5.91 Å². The van der Waals surface area contributed by atoms with Crippen LogP contribution >= 0.6 is 0 Å². The van der Waals surface area contributed by atoms with Crippen LogP contribution < -0.4 is 22.1 Å². The first-order valence-electron chi connectivity index (χ1n) is 6.59. The van der Waals surface area contributed by atoms with Crippen LogP contribution in [0.4, 0.5) is 17.5 Å². The van der Waals surface area contributed by atoms with Crippen molar-refractivity contribution in [1.82, 2.24) is 9.97 Å². The van der Waals surface area contributed by atoms with E-state index in [0.717, 1.165) is 29.8 Å². The van der Waals surface area contributed by atoms with Gasteiger partial charge in [0.1, 0.15) is 5.82 Å². The summed E-state index contributed by atoms with van der Waals surface area (Å²) in [5, 5.41) is 0. The lowest BCUT2D eigenvalue weighted by Crippen LogP contribution is -2.21. The molecule has 1 aromatic carbocycles. The highest BCUT2D eigenvalue weighted by atomic mass is 16.1. The molecule has 2 heterocycles. The average molecular weight is 284 g/mol. The fourth-order valence-corrected chi connectivity index (χ4v) is 2.55. The number of carbonyl (C=O) groups excluding carboxylic acids is 1. The van der Waals surface area contributed by atoms with Crippen molar-refractivity contribution in [3.05, 3.63) is 41.1 Å². The van der Waals surface area contributed by atoms with Crippen molar-refractivity contribution in [3.8, 4) is 0 Å². The second-order valence-electron chi connectivity index (χ2n) is 5.02. The van der Waals surface area contributed by atoms with Gasteiger partial charge in [-0.15, -0.1) is 0 Å². The quantitative estimate of drug-likeness (QED) is 0.744. The Balaban J connectivity index is 1.86. The molecule has 2 aromatic rings. The Morgan fingerprint density at radius 3 is 2.86 bits per heavy atom. The summed E-state index contributed by atoms with van der Waals surface area (Å²) in [5.74, 6) is 0.154. The van der Waals surface area contributed by atoms with E-state index in [1.807, 2.05) is 12.1 Å². The molecule has 0 saturated carbocycles. The zero-order valence-electron chi connectivity index (χ0n) is 11.4. The van der Waals surface area contributed by atoms with Crippen molar-refractivity contribution in [2.75, 3.05) is 22.9 Å². The molecule has 1 aliphatic rings. The number of primary amides is 1. The van der Waals surface area contributed by atoms with Gasteiger partial charge in [0.2, 0.25) is 11.9 Å². The van der Waals surface area contributed by atoms with Crippen molar-refractivity contribution >= 4 is 23.4 Å². The van der Waals surface area contributed by atoms with Crippen LogP contribution in [0, 0.1) is 0 Å². The van der Waals surface area contributed by atoms with Gasteiger partial charge in [-0.2, -0.15) is 4.98 Å². The summed E-state index contributed by atoms with van der Waals surface area (Å²) in [5.41, 5.74) is 20.2. The number of carbonyl (C=O) groups is 1. The minimum atomic E-state index is -0.410. The lowest BCUT2D eigenvalue weighted by molar-refractivity contribution is 0.1000. The van der Waals surface area contributed by atoms with E-state index in [9.17, 15) is 4.79 Å². The summed E-state index contributed by atoms with van der Waals surface area (Å²) in [7, 11) is 0. The second kappa shape index (κ2) is 4.93. The number of anilines is 3. The molecule has 0 aliphatic carbocycles. The molecule has 0 spiro atoms. The smallest absolute Gasteiger partial charge is 0.248 e. The zero-order chi connectivity index (χ0) is 15.0. The molecule has 0 saturated heterocycles. The minimum Gasteiger partial charge on any atom is -0.383 e. The molecule has 6 N–H and O–H groups in total. The van der Waals surface area contributed by atoms with E-state index >= 15 is 0 Å². The normalized spacial score (nSPS) is 13.2. The van der Waals surface area contributed by atoms with Crippen LogP contribution in [0.15, 0.2) is 24.4 Å². The van der Waals surface area contributed by atoms with E-state index in [2.05, 4.69) is 14.9 Å². The predicted molar refractivity (Wildman–Crippen MR) is 80.6 cm³/mol. The van der Waals surface area contributed by atoms with Gasteiger partial charge in [-0.3, -0.25) is 4.79 Å². The van der Waals surface area contributed by atoms with E-state index in [1.54, 1.807) is 12.3 Å². The average Bonchev–Trinajstić information content (AvgIpc) is 2.84. The van der Waals surface area contributed by atoms with E-state index in [0.29, 0.717) is 17.9 Å². The number of nitrogens with two attached hydrogens (primary N) is 3. The largest absolute Gasteiger partial charge is 0.383 e. The number of nitrogen functional groups attached to an aromatic ring is 2. The van der Waals surface area contributed by atoms with Gasteiger partial charge in [0.05, 0.1) is 0 Å². The molecule has 0 bridgehead atoms. The molecule has 0 radical (unpaired) electrons. The van der Waals surface area contributed by atoms with Gasteiger partial charge >= 0.3 is 0 Å². The van der Waals surface area contributed by atoms with Gasteiger partial charge in [-0.05, 0) is 30.2 Å². The van der Waals surface area contributed by atoms with Gasteiger partial charge in [-0.1, -0.05) is 0 Å². The standard InChI is InChI=1S/C14H16N6O/c15-12-10(6-18-14(17)19-12)7-20-4-3-8-5-9(13(16)21)1-2-11(8)20/h1-2,5-6H,3-4,7H2,(H2,16,21)(H4,15,17,18,19). The van der Waals surface area contributed by atoms with Crippen LogP contribution in [0.3, 0.4) is 0 Å². The Hall–Kier alpha value is -2.83. The van der Waals surface area contributed by atoms with E-state index in [4.69, 9.17) is 17.2 Å². The number of fused-ring (bicyclic) bond motifs is 1. The van der Waals surface area contributed by atoms with Crippen molar-refractivity contribution < 1.29 is 4.79 Å². The van der Waals surface area contributed by atoms with Crippen molar-refractivity contribution in [3.63, 3.8) is 0 Å². The van der Waals surface area contributed by atoms with Crippen LogP contribution in [0.1, 0.15) is 21.5 Å². The maximum atomic E-state index is 11.2. The summed E-state index contributed by atoms with van der Waals surface area (Å²) in [6.07, 6.45) is 2.51. The van der Waals surface area contributed by atoms with Crippen molar-refractivity contribution in [2.24, 2.45) is 5.73 Å². The molecule has 7 nitrogen and oxygen atoms in total. The van der Waals surface area contributed by atoms with Crippen LogP contribution in [0.25, 0.3) is 0 Å². The maximum absolute atomic E-state index is 11.2. The van der Waals surface area contributed by atoms with Gasteiger partial charge in [-0.25, -0.2) is 4.98 Å². The maximum Gasteiger partial charge on any atom is 0.248 e. The molecule has 0 unspecified atom stereocenters. The molecular weight excluding hydrogens is 268 g/mol. The molecule has 1 aromatic heterocycles. The Labute approximate surface area is 121 Å². The number of amides is 1. The summed E-state index contributed by atoms with van der Waals surface area (Å²) in [6.45, 7) is 1.45. The highest BCUT2D eigenvalue weighted by Crippen LogP contribution is 2.30. The number of aromatic nitrogens is 2. The fraction of sp³-hybridized carbons (Fsp3) is 0.214. The third-order valence-corrected chi connectivity index (χ3v) is 3.63. The SMILES string of the molecule is NC(=O)c1ccc2c(c1)CCN2Cc1cnc(N)nc1N. The van der Waals surface area contributed by atoms with E-state index in [-0.39, 0.29) is 5.95 Å². The predicted octanol–water partition coefficient (Wildman–Crippen LogP) is 0.303. The lowest BCUT2D eigenvalue weighted by atomic mass is 10.1. The number of benzene rings is 1. The number of rotatable bonds is 3. The molecule has 7 heteroatoms. The number of hydrogen-bond donors (Lipinski definition) is 3. The Morgan fingerprint density at radius 2 is 2.14 bits per heavy atom. The first-order valence-corrected chi connectivity index (χ1v) is 6.59. The van der Waals surface area contributed by atoms with Gasteiger partial charge < -0.3 is 22.1 Å². The lowest BCUT2D eigenvalue weighted by Gasteiger charge is -2.20. The van der Waals surface area contributed by atoms with Gasteiger partial charge in [0, 0.05) is 36.1 Å². The van der Waals surface area contributed by atoms with Crippen molar-refractivity contribution in [2.45, 2.75) is 13.0 Å². The third kappa shape index (κ3) is 2.45.